The molecule has 0 bridgehead atoms. The molecule has 4 nitrogen and oxygen atoms in total. The van der Waals surface area contributed by atoms with Crippen LogP contribution in [0.25, 0.3) is 0 Å². The van der Waals surface area contributed by atoms with Gasteiger partial charge in [0.05, 0.1) is 5.56 Å². The van der Waals surface area contributed by atoms with Gasteiger partial charge in [-0.25, -0.2) is 4.98 Å². The van der Waals surface area contributed by atoms with Gasteiger partial charge in [0.1, 0.15) is 11.9 Å². The smallest absolute Gasteiger partial charge is 0.146 e. The number of nitrogens with zero attached hydrogens (tertiary/aromatic N) is 4. The molecule has 5 heteroatoms. The lowest BCUT2D eigenvalue weighted by molar-refractivity contribution is 0.128. The van der Waals surface area contributed by atoms with Crippen molar-refractivity contribution in [2.75, 3.05) is 31.1 Å². The maximum absolute atomic E-state index is 9.21. The normalized spacial score (nSPS) is 17.3. The number of nitriles is 1. The molecule has 0 N–H and O–H groups in total. The van der Waals surface area contributed by atoms with E-state index < -0.39 is 0 Å². The van der Waals surface area contributed by atoms with Crippen LogP contribution in [0.5, 0.6) is 0 Å². The van der Waals surface area contributed by atoms with Crippen LogP contribution in [0.4, 0.5) is 5.82 Å². The van der Waals surface area contributed by atoms with Gasteiger partial charge < -0.3 is 4.90 Å². The molecule has 19 heavy (non-hydrogen) atoms. The van der Waals surface area contributed by atoms with Gasteiger partial charge in [-0.15, -0.1) is 0 Å². The zero-order valence-corrected chi connectivity index (χ0v) is 13.2. The van der Waals surface area contributed by atoms with Gasteiger partial charge in [0.15, 0.2) is 0 Å². The molecule has 0 amide bonds. The number of rotatable bonds is 1. The van der Waals surface area contributed by atoms with Crippen LogP contribution in [-0.2, 0) is 0 Å². The van der Waals surface area contributed by atoms with Gasteiger partial charge in [-0.1, -0.05) is 0 Å². The average molecular weight is 323 g/mol. The summed E-state index contributed by atoms with van der Waals surface area (Å²) in [6, 6.07) is 4.06. The van der Waals surface area contributed by atoms with E-state index in [1.165, 1.54) is 0 Å². The number of piperazine rings is 1. The quantitative estimate of drug-likeness (QED) is 0.797. The van der Waals surface area contributed by atoms with Gasteiger partial charge in [0, 0.05) is 42.4 Å². The molecule has 0 unspecified atom stereocenters. The predicted molar refractivity (Wildman–Crippen MR) is 80.2 cm³/mol. The van der Waals surface area contributed by atoms with Gasteiger partial charge in [-0.2, -0.15) is 5.26 Å². The van der Waals surface area contributed by atoms with Crippen LogP contribution >= 0.6 is 15.9 Å². The fourth-order valence-corrected chi connectivity index (χ4v) is 2.69. The number of aromatic nitrogens is 1. The van der Waals surface area contributed by atoms with Gasteiger partial charge in [-0.05, 0) is 42.8 Å². The van der Waals surface area contributed by atoms with Crippen molar-refractivity contribution >= 4 is 21.7 Å². The van der Waals surface area contributed by atoms with Gasteiger partial charge >= 0.3 is 0 Å². The van der Waals surface area contributed by atoms with Crippen molar-refractivity contribution in [3.63, 3.8) is 0 Å². The minimum Gasteiger partial charge on any atom is -0.353 e. The highest BCUT2D eigenvalue weighted by molar-refractivity contribution is 9.10. The van der Waals surface area contributed by atoms with Crippen molar-refractivity contribution in [2.24, 2.45) is 0 Å². The van der Waals surface area contributed by atoms with E-state index >= 15 is 0 Å². The Morgan fingerprint density at radius 1 is 1.26 bits per heavy atom. The van der Waals surface area contributed by atoms with Gasteiger partial charge in [0.25, 0.3) is 0 Å². The van der Waals surface area contributed by atoms with E-state index in [0.717, 1.165) is 36.5 Å². The molecule has 1 aliphatic heterocycles. The molecule has 1 aliphatic rings. The third kappa shape index (κ3) is 3.26. The highest BCUT2D eigenvalue weighted by Gasteiger charge is 2.27. The summed E-state index contributed by atoms with van der Waals surface area (Å²) in [5.74, 6) is 0.805. The fraction of sp³-hybridized carbons (Fsp3) is 0.571. The molecule has 0 radical (unpaired) electrons. The van der Waals surface area contributed by atoms with Crippen molar-refractivity contribution in [3.8, 4) is 6.07 Å². The van der Waals surface area contributed by atoms with Crippen molar-refractivity contribution in [1.29, 1.82) is 5.26 Å². The molecule has 1 aromatic heterocycles. The fourth-order valence-electron chi connectivity index (χ4n) is 2.36. The number of hydrogen-bond donors (Lipinski definition) is 0. The first-order chi connectivity index (χ1) is 8.91. The summed E-state index contributed by atoms with van der Waals surface area (Å²) in [6.07, 6.45) is 1.76. The summed E-state index contributed by atoms with van der Waals surface area (Å²) in [5, 5.41) is 9.21. The summed E-state index contributed by atoms with van der Waals surface area (Å²) in [4.78, 5) is 9.07. The Morgan fingerprint density at radius 2 is 1.89 bits per heavy atom. The molecular formula is C14H19BrN4. The molecule has 0 saturated carbocycles. The lowest BCUT2D eigenvalue weighted by Gasteiger charge is -2.42. The highest BCUT2D eigenvalue weighted by atomic mass is 79.9. The monoisotopic (exact) mass is 322 g/mol. The van der Waals surface area contributed by atoms with E-state index in [-0.39, 0.29) is 5.54 Å². The van der Waals surface area contributed by atoms with Crippen LogP contribution in [0.1, 0.15) is 26.3 Å². The number of halogens is 1. The van der Waals surface area contributed by atoms with Crippen molar-refractivity contribution in [3.05, 3.63) is 22.3 Å². The van der Waals surface area contributed by atoms with Crippen molar-refractivity contribution in [2.45, 2.75) is 26.3 Å². The zero-order valence-electron chi connectivity index (χ0n) is 11.6. The first kappa shape index (κ1) is 14.3. The molecule has 0 aliphatic carbocycles. The Labute approximate surface area is 123 Å². The second-order valence-electron chi connectivity index (χ2n) is 5.78. The second-order valence-corrected chi connectivity index (χ2v) is 6.70. The lowest BCUT2D eigenvalue weighted by Crippen LogP contribution is -2.53. The van der Waals surface area contributed by atoms with Crippen LogP contribution in [0.3, 0.4) is 0 Å². The Hall–Kier alpha value is -1.12. The summed E-state index contributed by atoms with van der Waals surface area (Å²) < 4.78 is 0.848. The van der Waals surface area contributed by atoms with Crippen LogP contribution in [0.15, 0.2) is 16.7 Å². The van der Waals surface area contributed by atoms with Crippen LogP contribution in [0, 0.1) is 11.3 Å². The number of hydrogen-bond acceptors (Lipinski definition) is 4. The minimum absolute atomic E-state index is 0.206. The molecule has 2 heterocycles. The van der Waals surface area contributed by atoms with E-state index in [0.29, 0.717) is 5.56 Å². The Morgan fingerprint density at radius 3 is 2.42 bits per heavy atom. The molecular weight excluding hydrogens is 304 g/mol. The topological polar surface area (TPSA) is 43.2 Å². The standard InChI is InChI=1S/C14H19BrN4/c1-14(2,3)19-6-4-18(5-7-19)13-11(9-16)8-12(15)10-17-13/h8,10H,4-7H2,1-3H3. The molecule has 1 fully saturated rings. The molecule has 1 saturated heterocycles. The van der Waals surface area contributed by atoms with Crippen LogP contribution in [-0.4, -0.2) is 41.6 Å². The largest absolute Gasteiger partial charge is 0.353 e. The van der Waals surface area contributed by atoms with Crippen LogP contribution in [0.2, 0.25) is 0 Å². The maximum Gasteiger partial charge on any atom is 0.146 e. The summed E-state index contributed by atoms with van der Waals surface area (Å²) in [5.41, 5.74) is 0.843. The minimum atomic E-state index is 0.206. The van der Waals surface area contributed by atoms with E-state index in [1.807, 2.05) is 6.07 Å². The zero-order chi connectivity index (χ0) is 14.0. The van der Waals surface area contributed by atoms with E-state index in [9.17, 15) is 5.26 Å². The molecule has 102 valence electrons. The Bertz CT molecular complexity index is 493. The molecule has 2 rings (SSSR count). The van der Waals surface area contributed by atoms with E-state index in [4.69, 9.17) is 0 Å². The third-order valence-electron chi connectivity index (χ3n) is 3.48. The van der Waals surface area contributed by atoms with Crippen LogP contribution < -0.4 is 4.90 Å². The molecule has 0 spiro atoms. The summed E-state index contributed by atoms with van der Waals surface area (Å²) in [6.45, 7) is 10.6. The van der Waals surface area contributed by atoms with Crippen molar-refractivity contribution in [1.82, 2.24) is 9.88 Å². The maximum atomic E-state index is 9.21. The van der Waals surface area contributed by atoms with Crippen molar-refractivity contribution < 1.29 is 0 Å². The molecule has 0 aromatic carbocycles. The second kappa shape index (κ2) is 5.48. The van der Waals surface area contributed by atoms with E-state index in [1.54, 1.807) is 6.20 Å². The summed E-state index contributed by atoms with van der Waals surface area (Å²) >= 11 is 3.36. The molecule has 1 aromatic rings. The third-order valence-corrected chi connectivity index (χ3v) is 3.92. The SMILES string of the molecule is CC(C)(C)N1CCN(c2ncc(Br)cc2C#N)CC1. The number of anilines is 1. The predicted octanol–water partition coefficient (Wildman–Crippen LogP) is 2.64. The van der Waals surface area contributed by atoms with Gasteiger partial charge in [-0.3, -0.25) is 4.90 Å². The Kier molecular flexibility index (Phi) is 4.12. The number of pyridine rings is 1. The Balaban J connectivity index is 2.12. The first-order valence-corrected chi connectivity index (χ1v) is 7.27. The lowest BCUT2D eigenvalue weighted by atomic mass is 10.0. The first-order valence-electron chi connectivity index (χ1n) is 6.47. The highest BCUT2D eigenvalue weighted by Crippen LogP contribution is 2.23. The average Bonchev–Trinajstić information content (AvgIpc) is 2.37. The van der Waals surface area contributed by atoms with Gasteiger partial charge in [0.2, 0.25) is 0 Å². The van der Waals surface area contributed by atoms with E-state index in [2.05, 4.69) is 57.6 Å². The molecule has 0 atom stereocenters. The summed E-state index contributed by atoms with van der Waals surface area (Å²) in [7, 11) is 0.